The molecule has 0 spiro atoms. The minimum atomic E-state index is 0.643. The van der Waals surface area contributed by atoms with Crippen LogP contribution in [0.3, 0.4) is 0 Å². The Morgan fingerprint density at radius 3 is 1.34 bits per heavy atom. The monoisotopic (exact) mass is 562 g/mol. The van der Waals surface area contributed by atoms with Gasteiger partial charge in [-0.3, -0.25) is 4.57 Å². The summed E-state index contributed by atoms with van der Waals surface area (Å²) in [6.07, 6.45) is 0. The second-order valence-corrected chi connectivity index (χ2v) is 11.1. The number of nitrogens with zero attached hydrogens (tertiary/aromatic N) is 4. The molecule has 0 atom stereocenters. The highest BCUT2D eigenvalue weighted by Gasteiger charge is 2.21. The van der Waals surface area contributed by atoms with E-state index in [0.29, 0.717) is 5.95 Å². The van der Waals surface area contributed by atoms with Crippen LogP contribution in [0.25, 0.3) is 77.8 Å². The smallest absolute Gasteiger partial charge is 0.235 e. The lowest BCUT2D eigenvalue weighted by atomic mass is 10.1. The quantitative estimate of drug-likeness (QED) is 0.214. The van der Waals surface area contributed by atoms with Gasteiger partial charge in [0.2, 0.25) is 5.95 Å². The zero-order valence-electron chi connectivity index (χ0n) is 23.8. The molecule has 0 radical (unpaired) electrons. The van der Waals surface area contributed by atoms with Crippen molar-refractivity contribution in [3.63, 3.8) is 0 Å². The summed E-state index contributed by atoms with van der Waals surface area (Å²) in [5, 5.41) is 4.79. The standard InChI is InChI=1S/C40H26N4/c1-3-14-27(15-4-1)33-26-34(28-16-5-2-6-17-28)42-40(41-33)44-37-24-12-9-20-31(37)32-21-13-25-38(39(32)44)43-35-22-10-7-18-29(35)30-19-8-11-23-36(30)43/h1-26H. The van der Waals surface area contributed by atoms with Gasteiger partial charge in [-0.05, 0) is 30.3 Å². The molecule has 9 aromatic rings. The zero-order chi connectivity index (χ0) is 29.0. The molecule has 3 heterocycles. The fourth-order valence-electron chi connectivity index (χ4n) is 6.62. The van der Waals surface area contributed by atoms with E-state index in [9.17, 15) is 0 Å². The summed E-state index contributed by atoms with van der Waals surface area (Å²) in [5.41, 5.74) is 9.44. The SMILES string of the molecule is c1ccc(-c2cc(-c3ccccc3)nc(-n3c4ccccc4c4cccc(-n5c6ccccc6c6ccccc65)c43)n2)cc1. The minimum Gasteiger partial charge on any atom is -0.307 e. The van der Waals surface area contributed by atoms with Crippen LogP contribution in [0.2, 0.25) is 0 Å². The zero-order valence-corrected chi connectivity index (χ0v) is 23.8. The summed E-state index contributed by atoms with van der Waals surface area (Å²) in [5.74, 6) is 0.643. The van der Waals surface area contributed by atoms with Gasteiger partial charge in [0.05, 0.1) is 39.1 Å². The van der Waals surface area contributed by atoms with E-state index < -0.39 is 0 Å². The third-order valence-corrected chi connectivity index (χ3v) is 8.55. The Kier molecular flexibility index (Phi) is 5.47. The highest BCUT2D eigenvalue weighted by Crippen LogP contribution is 2.39. The van der Waals surface area contributed by atoms with Crippen LogP contribution in [0.5, 0.6) is 0 Å². The number of hydrogen-bond donors (Lipinski definition) is 0. The molecule has 0 aliphatic carbocycles. The highest BCUT2D eigenvalue weighted by atomic mass is 15.2. The third kappa shape index (κ3) is 3.71. The van der Waals surface area contributed by atoms with Crippen molar-refractivity contribution in [2.45, 2.75) is 0 Å². The molecule has 4 nitrogen and oxygen atoms in total. The Morgan fingerprint density at radius 2 is 0.795 bits per heavy atom. The molecule has 0 N–H and O–H groups in total. The van der Waals surface area contributed by atoms with Crippen molar-refractivity contribution in [2.75, 3.05) is 0 Å². The fourth-order valence-corrected chi connectivity index (χ4v) is 6.62. The lowest BCUT2D eigenvalue weighted by Gasteiger charge is -2.15. The van der Waals surface area contributed by atoms with Gasteiger partial charge in [-0.15, -0.1) is 0 Å². The van der Waals surface area contributed by atoms with Gasteiger partial charge in [-0.25, -0.2) is 9.97 Å². The van der Waals surface area contributed by atoms with Gasteiger partial charge in [0.15, 0.2) is 0 Å². The van der Waals surface area contributed by atoms with Gasteiger partial charge in [0.1, 0.15) is 0 Å². The summed E-state index contributed by atoms with van der Waals surface area (Å²) in [4.78, 5) is 10.5. The topological polar surface area (TPSA) is 35.6 Å². The average Bonchev–Trinajstić information content (AvgIpc) is 3.62. The van der Waals surface area contributed by atoms with Crippen LogP contribution < -0.4 is 0 Å². The van der Waals surface area contributed by atoms with E-state index in [-0.39, 0.29) is 0 Å². The molecular formula is C40H26N4. The van der Waals surface area contributed by atoms with Crippen LogP contribution in [-0.4, -0.2) is 19.1 Å². The molecule has 206 valence electrons. The lowest BCUT2D eigenvalue weighted by molar-refractivity contribution is 0.989. The second-order valence-electron chi connectivity index (χ2n) is 11.1. The first-order chi connectivity index (χ1) is 21.8. The van der Waals surface area contributed by atoms with Gasteiger partial charge < -0.3 is 4.57 Å². The van der Waals surface area contributed by atoms with Gasteiger partial charge >= 0.3 is 0 Å². The average molecular weight is 563 g/mol. The predicted molar refractivity (Wildman–Crippen MR) is 182 cm³/mol. The van der Waals surface area contributed by atoms with Crippen LogP contribution in [0.4, 0.5) is 0 Å². The highest BCUT2D eigenvalue weighted by molar-refractivity contribution is 6.14. The molecule has 0 aliphatic rings. The number of benzene rings is 6. The molecule has 3 aromatic heterocycles. The first-order valence-corrected chi connectivity index (χ1v) is 14.9. The van der Waals surface area contributed by atoms with Gasteiger partial charge in [0.25, 0.3) is 0 Å². The molecule has 4 heteroatoms. The Hall–Kier alpha value is -6.00. The van der Waals surface area contributed by atoms with Crippen molar-refractivity contribution in [3.05, 3.63) is 158 Å². The van der Waals surface area contributed by atoms with Crippen LogP contribution in [0, 0.1) is 0 Å². The molecular weight excluding hydrogens is 536 g/mol. The molecule has 0 amide bonds. The van der Waals surface area contributed by atoms with Crippen LogP contribution in [-0.2, 0) is 0 Å². The number of rotatable bonds is 4. The van der Waals surface area contributed by atoms with Crippen molar-refractivity contribution in [1.29, 1.82) is 0 Å². The normalized spacial score (nSPS) is 11.6. The van der Waals surface area contributed by atoms with E-state index in [2.05, 4.69) is 155 Å². The van der Waals surface area contributed by atoms with Crippen molar-refractivity contribution in [1.82, 2.24) is 19.1 Å². The van der Waals surface area contributed by atoms with Crippen LogP contribution in [0.15, 0.2) is 158 Å². The van der Waals surface area contributed by atoms with Crippen LogP contribution >= 0.6 is 0 Å². The van der Waals surface area contributed by atoms with Crippen molar-refractivity contribution >= 4 is 43.6 Å². The largest absolute Gasteiger partial charge is 0.307 e. The first-order valence-electron chi connectivity index (χ1n) is 14.9. The van der Waals surface area contributed by atoms with Crippen molar-refractivity contribution in [2.24, 2.45) is 0 Å². The lowest BCUT2D eigenvalue weighted by Crippen LogP contribution is -2.06. The number of fused-ring (bicyclic) bond motifs is 6. The summed E-state index contributed by atoms with van der Waals surface area (Å²) >= 11 is 0. The van der Waals surface area contributed by atoms with E-state index in [1.807, 2.05) is 12.1 Å². The van der Waals surface area contributed by atoms with E-state index in [0.717, 1.165) is 44.6 Å². The number of para-hydroxylation sites is 4. The minimum absolute atomic E-state index is 0.643. The summed E-state index contributed by atoms with van der Waals surface area (Å²) in [7, 11) is 0. The van der Waals surface area contributed by atoms with E-state index in [4.69, 9.17) is 9.97 Å². The van der Waals surface area contributed by atoms with Crippen LogP contribution in [0.1, 0.15) is 0 Å². The Balaban J connectivity index is 1.43. The predicted octanol–water partition coefficient (Wildman–Crippen LogP) is 10.0. The maximum absolute atomic E-state index is 5.26. The third-order valence-electron chi connectivity index (χ3n) is 8.55. The number of hydrogen-bond acceptors (Lipinski definition) is 2. The molecule has 0 saturated carbocycles. The molecule has 6 aromatic carbocycles. The van der Waals surface area contributed by atoms with Gasteiger partial charge in [-0.1, -0.05) is 127 Å². The fraction of sp³-hybridized carbons (Fsp3) is 0. The maximum atomic E-state index is 5.26. The van der Waals surface area contributed by atoms with Gasteiger partial charge in [0, 0.05) is 32.7 Å². The van der Waals surface area contributed by atoms with Crippen molar-refractivity contribution < 1.29 is 0 Å². The second kappa shape index (κ2) is 9.79. The van der Waals surface area contributed by atoms with E-state index in [1.54, 1.807) is 0 Å². The van der Waals surface area contributed by atoms with E-state index in [1.165, 1.54) is 27.2 Å². The molecule has 44 heavy (non-hydrogen) atoms. The van der Waals surface area contributed by atoms with Crippen molar-refractivity contribution in [3.8, 4) is 34.2 Å². The Bertz CT molecular complexity index is 2380. The molecule has 0 bridgehead atoms. The van der Waals surface area contributed by atoms with E-state index >= 15 is 0 Å². The Labute approximate surface area is 254 Å². The van der Waals surface area contributed by atoms with Gasteiger partial charge in [-0.2, -0.15) is 0 Å². The number of aromatic nitrogens is 4. The molecule has 0 aliphatic heterocycles. The molecule has 0 unspecified atom stereocenters. The summed E-state index contributed by atoms with van der Waals surface area (Å²) in [6, 6.07) is 55.3. The molecule has 0 saturated heterocycles. The first kappa shape index (κ1) is 24.6. The Morgan fingerprint density at radius 1 is 0.364 bits per heavy atom. The molecule has 0 fully saturated rings. The molecule has 9 rings (SSSR count). The maximum Gasteiger partial charge on any atom is 0.235 e. The summed E-state index contributed by atoms with van der Waals surface area (Å²) in [6.45, 7) is 0. The summed E-state index contributed by atoms with van der Waals surface area (Å²) < 4.78 is 4.64.